The minimum Gasteiger partial charge on any atom is -0.382 e. The molecule has 2 rings (SSSR count). The Bertz CT molecular complexity index is 405. The molecule has 0 saturated carbocycles. The number of hydrogen-bond acceptors (Lipinski definition) is 5. The van der Waals surface area contributed by atoms with Crippen molar-refractivity contribution in [3.05, 3.63) is 24.0 Å². The van der Waals surface area contributed by atoms with Crippen molar-refractivity contribution in [3.63, 3.8) is 0 Å². The zero-order valence-corrected chi connectivity index (χ0v) is 10.4. The lowest BCUT2D eigenvalue weighted by Crippen LogP contribution is -2.42. The molecule has 6 nitrogen and oxygen atoms in total. The Morgan fingerprint density at radius 2 is 2.56 bits per heavy atom. The third kappa shape index (κ3) is 3.41. The first-order valence-corrected chi connectivity index (χ1v) is 6.04. The molecule has 1 atom stereocenters. The molecular formula is C12H18N4O2. The Balaban J connectivity index is 1.90. The lowest BCUT2D eigenvalue weighted by molar-refractivity contribution is 0.0372. The molecule has 1 saturated heterocycles. The summed E-state index contributed by atoms with van der Waals surface area (Å²) in [5, 5.41) is 9.07. The van der Waals surface area contributed by atoms with E-state index in [-0.39, 0.29) is 12.0 Å². The second-order valence-electron chi connectivity index (χ2n) is 4.09. The van der Waals surface area contributed by atoms with Gasteiger partial charge >= 0.3 is 0 Å². The van der Waals surface area contributed by atoms with Crippen molar-refractivity contribution in [2.45, 2.75) is 6.10 Å². The van der Waals surface area contributed by atoms with Gasteiger partial charge in [-0.1, -0.05) is 0 Å². The van der Waals surface area contributed by atoms with Gasteiger partial charge in [-0.3, -0.25) is 9.78 Å². The number of nitrogens with zero attached hydrogens (tertiary/aromatic N) is 1. The van der Waals surface area contributed by atoms with Gasteiger partial charge in [-0.15, -0.1) is 0 Å². The van der Waals surface area contributed by atoms with Gasteiger partial charge in [0.1, 0.15) is 5.69 Å². The van der Waals surface area contributed by atoms with Crippen LogP contribution in [0, 0.1) is 0 Å². The minimum absolute atomic E-state index is 0.162. The summed E-state index contributed by atoms with van der Waals surface area (Å²) in [5.74, 6) is -0.186. The number of rotatable bonds is 4. The van der Waals surface area contributed by atoms with E-state index in [4.69, 9.17) is 4.74 Å². The highest BCUT2D eigenvalue weighted by Gasteiger charge is 2.13. The Morgan fingerprint density at radius 1 is 1.67 bits per heavy atom. The summed E-state index contributed by atoms with van der Waals surface area (Å²) in [7, 11) is 1.59. The van der Waals surface area contributed by atoms with Crippen LogP contribution in [0.25, 0.3) is 0 Å². The molecule has 1 aliphatic heterocycles. The summed E-state index contributed by atoms with van der Waals surface area (Å²) in [5.41, 5.74) is 1.28. The Hall–Kier alpha value is -1.66. The fourth-order valence-electron chi connectivity index (χ4n) is 1.78. The average Bonchev–Trinajstić information content (AvgIpc) is 2.45. The van der Waals surface area contributed by atoms with E-state index in [1.807, 2.05) is 6.07 Å². The van der Waals surface area contributed by atoms with Crippen molar-refractivity contribution >= 4 is 11.6 Å². The van der Waals surface area contributed by atoms with Crippen molar-refractivity contribution in [1.82, 2.24) is 15.6 Å². The third-order valence-corrected chi connectivity index (χ3v) is 2.76. The first-order valence-electron chi connectivity index (χ1n) is 6.04. The number of pyridine rings is 1. The van der Waals surface area contributed by atoms with Crippen LogP contribution in [0.1, 0.15) is 10.5 Å². The van der Waals surface area contributed by atoms with Crippen molar-refractivity contribution in [2.75, 3.05) is 38.6 Å². The molecule has 0 radical (unpaired) electrons. The summed E-state index contributed by atoms with van der Waals surface area (Å²) >= 11 is 0. The summed E-state index contributed by atoms with van der Waals surface area (Å²) in [4.78, 5) is 15.4. The molecule has 1 fully saturated rings. The van der Waals surface area contributed by atoms with Crippen molar-refractivity contribution in [3.8, 4) is 0 Å². The van der Waals surface area contributed by atoms with Crippen molar-refractivity contribution in [2.24, 2.45) is 0 Å². The molecule has 18 heavy (non-hydrogen) atoms. The van der Waals surface area contributed by atoms with Crippen LogP contribution in [0.2, 0.25) is 0 Å². The van der Waals surface area contributed by atoms with E-state index in [2.05, 4.69) is 20.9 Å². The molecule has 98 valence electrons. The molecule has 6 heteroatoms. The second kappa shape index (κ2) is 6.32. The Labute approximate surface area is 106 Å². The molecule has 0 bridgehead atoms. The van der Waals surface area contributed by atoms with E-state index in [0.717, 1.165) is 25.4 Å². The quantitative estimate of drug-likeness (QED) is 0.692. The predicted molar refractivity (Wildman–Crippen MR) is 68.7 cm³/mol. The highest BCUT2D eigenvalue weighted by Crippen LogP contribution is 2.08. The van der Waals surface area contributed by atoms with Gasteiger partial charge in [0, 0.05) is 38.6 Å². The second-order valence-corrected chi connectivity index (χ2v) is 4.09. The average molecular weight is 250 g/mol. The summed E-state index contributed by atoms with van der Waals surface area (Å²) in [6, 6.07) is 3.57. The van der Waals surface area contributed by atoms with Crippen LogP contribution < -0.4 is 16.0 Å². The Morgan fingerprint density at radius 3 is 3.28 bits per heavy atom. The molecule has 0 aliphatic carbocycles. The van der Waals surface area contributed by atoms with Crippen molar-refractivity contribution < 1.29 is 9.53 Å². The van der Waals surface area contributed by atoms with Gasteiger partial charge in [0.05, 0.1) is 12.7 Å². The first-order chi connectivity index (χ1) is 8.79. The highest BCUT2D eigenvalue weighted by molar-refractivity contribution is 5.92. The van der Waals surface area contributed by atoms with Crippen LogP contribution in [-0.2, 0) is 4.74 Å². The number of carbonyl (C=O) groups is 1. The maximum atomic E-state index is 11.4. The fourth-order valence-corrected chi connectivity index (χ4v) is 1.78. The van der Waals surface area contributed by atoms with Crippen LogP contribution in [0.15, 0.2) is 18.3 Å². The van der Waals surface area contributed by atoms with Gasteiger partial charge in [0.15, 0.2) is 0 Å². The molecule has 1 aliphatic rings. The van der Waals surface area contributed by atoms with Crippen LogP contribution in [-0.4, -0.2) is 50.3 Å². The van der Waals surface area contributed by atoms with E-state index >= 15 is 0 Å². The van der Waals surface area contributed by atoms with Gasteiger partial charge in [-0.2, -0.15) is 0 Å². The summed E-state index contributed by atoms with van der Waals surface area (Å²) < 4.78 is 5.58. The lowest BCUT2D eigenvalue weighted by atomic mass is 10.2. The maximum absolute atomic E-state index is 11.4. The number of amides is 1. The number of nitrogens with one attached hydrogen (secondary N) is 3. The van der Waals surface area contributed by atoms with Crippen LogP contribution >= 0.6 is 0 Å². The number of ether oxygens (including phenoxy) is 1. The van der Waals surface area contributed by atoms with E-state index < -0.39 is 0 Å². The fraction of sp³-hybridized carbons (Fsp3) is 0.500. The number of carbonyl (C=O) groups excluding carboxylic acids is 1. The molecule has 0 aromatic carbocycles. The SMILES string of the molecule is CNC(=O)c1cc(NCC2CNCCO2)ccn1. The normalized spacial score (nSPS) is 19.3. The minimum atomic E-state index is -0.186. The van der Waals surface area contributed by atoms with Crippen LogP contribution in [0.5, 0.6) is 0 Å². The molecular weight excluding hydrogens is 232 g/mol. The number of aromatic nitrogens is 1. The molecule has 3 N–H and O–H groups in total. The third-order valence-electron chi connectivity index (χ3n) is 2.76. The monoisotopic (exact) mass is 250 g/mol. The van der Waals surface area contributed by atoms with Crippen LogP contribution in [0.3, 0.4) is 0 Å². The first kappa shape index (κ1) is 12.8. The number of anilines is 1. The zero-order valence-electron chi connectivity index (χ0n) is 10.4. The standard InChI is InChI=1S/C12H18N4O2/c1-13-12(17)11-6-9(2-3-15-11)16-8-10-7-14-4-5-18-10/h2-3,6,10,14H,4-5,7-8H2,1H3,(H,13,17)(H,15,16). The van der Waals surface area contributed by atoms with Gasteiger partial charge < -0.3 is 20.7 Å². The summed E-state index contributed by atoms with van der Waals surface area (Å²) in [6.07, 6.45) is 1.78. The van der Waals surface area contributed by atoms with Gasteiger partial charge in [0.25, 0.3) is 5.91 Å². The molecule has 1 unspecified atom stereocenters. The van der Waals surface area contributed by atoms with Gasteiger partial charge in [0.2, 0.25) is 0 Å². The summed E-state index contributed by atoms with van der Waals surface area (Å²) in [6.45, 7) is 3.21. The number of hydrogen-bond donors (Lipinski definition) is 3. The zero-order chi connectivity index (χ0) is 12.8. The smallest absolute Gasteiger partial charge is 0.269 e. The number of morpholine rings is 1. The van der Waals surface area contributed by atoms with Crippen LogP contribution in [0.4, 0.5) is 5.69 Å². The predicted octanol–water partition coefficient (Wildman–Crippen LogP) is -0.159. The van der Waals surface area contributed by atoms with Gasteiger partial charge in [-0.25, -0.2) is 0 Å². The van der Waals surface area contributed by atoms with E-state index in [0.29, 0.717) is 12.2 Å². The molecule has 2 heterocycles. The maximum Gasteiger partial charge on any atom is 0.269 e. The highest BCUT2D eigenvalue weighted by atomic mass is 16.5. The molecule has 1 amide bonds. The molecule has 1 aromatic heterocycles. The van der Waals surface area contributed by atoms with Gasteiger partial charge in [-0.05, 0) is 12.1 Å². The Kier molecular flexibility index (Phi) is 4.49. The largest absolute Gasteiger partial charge is 0.382 e. The molecule has 0 spiro atoms. The topological polar surface area (TPSA) is 75.3 Å². The van der Waals surface area contributed by atoms with E-state index in [1.165, 1.54) is 0 Å². The van der Waals surface area contributed by atoms with E-state index in [1.54, 1.807) is 19.3 Å². The van der Waals surface area contributed by atoms with E-state index in [9.17, 15) is 4.79 Å². The van der Waals surface area contributed by atoms with Crippen molar-refractivity contribution in [1.29, 1.82) is 0 Å². The molecule has 1 aromatic rings. The lowest BCUT2D eigenvalue weighted by Gasteiger charge is -2.24.